The molecule has 0 radical (unpaired) electrons. The van der Waals surface area contributed by atoms with Crippen molar-refractivity contribution in [3.63, 3.8) is 0 Å². The third-order valence-corrected chi connectivity index (χ3v) is 4.75. The lowest BCUT2D eigenvalue weighted by atomic mass is 10.2. The van der Waals surface area contributed by atoms with Gasteiger partial charge in [-0.25, -0.2) is 0 Å². The van der Waals surface area contributed by atoms with Crippen LogP contribution >= 0.6 is 36.4 Å². The molecule has 1 aliphatic rings. The number of piperazine rings is 1. The summed E-state index contributed by atoms with van der Waals surface area (Å²) in [5.74, 6) is 1.52. The molecule has 5 nitrogen and oxygen atoms in total. The number of ether oxygens (including phenoxy) is 2. The van der Waals surface area contributed by atoms with Gasteiger partial charge in [0.1, 0.15) is 24.2 Å². The number of hydrogen-bond donors (Lipinski definition) is 1. The number of benzene rings is 2. The van der Waals surface area contributed by atoms with E-state index in [9.17, 15) is 5.11 Å². The van der Waals surface area contributed by atoms with Crippen molar-refractivity contribution < 1.29 is 14.6 Å². The lowest BCUT2D eigenvalue weighted by molar-refractivity contribution is 0.0663. The summed E-state index contributed by atoms with van der Waals surface area (Å²) in [5, 5.41) is 11.0. The van der Waals surface area contributed by atoms with Crippen LogP contribution in [0.4, 0.5) is 5.69 Å². The molecule has 1 heterocycles. The molecule has 2 aromatic carbocycles. The molecule has 1 N–H and O–H groups in total. The van der Waals surface area contributed by atoms with Gasteiger partial charge in [0, 0.05) is 43.4 Å². The average molecular weight is 450 g/mol. The zero-order valence-corrected chi connectivity index (χ0v) is 18.2. The molecular formula is C20H27Cl3N2O3. The molecule has 1 unspecified atom stereocenters. The SMILES string of the molecule is COc1ccc(OCC(O)CN2CCN(c3cccc(Cl)c3)CC2)cc1.Cl.Cl. The smallest absolute Gasteiger partial charge is 0.119 e. The molecule has 3 rings (SSSR count). The minimum atomic E-state index is -0.519. The first kappa shape index (κ1) is 24.7. The van der Waals surface area contributed by atoms with Gasteiger partial charge in [-0.2, -0.15) is 0 Å². The van der Waals surface area contributed by atoms with Crippen molar-refractivity contribution in [3.05, 3.63) is 53.6 Å². The monoisotopic (exact) mass is 448 g/mol. The van der Waals surface area contributed by atoms with Crippen LogP contribution in [0, 0.1) is 0 Å². The Morgan fingerprint density at radius 3 is 2.25 bits per heavy atom. The van der Waals surface area contributed by atoms with Crippen LogP contribution in [0.15, 0.2) is 48.5 Å². The molecule has 8 heteroatoms. The molecule has 1 aliphatic heterocycles. The molecule has 0 bridgehead atoms. The number of aliphatic hydroxyl groups is 1. The van der Waals surface area contributed by atoms with Crippen molar-refractivity contribution in [1.29, 1.82) is 0 Å². The highest BCUT2D eigenvalue weighted by Gasteiger charge is 2.20. The first-order valence-corrected chi connectivity index (χ1v) is 9.19. The van der Waals surface area contributed by atoms with Gasteiger partial charge in [0.05, 0.1) is 7.11 Å². The molecule has 0 saturated carbocycles. The van der Waals surface area contributed by atoms with Crippen LogP contribution in [-0.2, 0) is 0 Å². The Bertz CT molecular complexity index is 695. The van der Waals surface area contributed by atoms with Gasteiger partial charge < -0.3 is 19.5 Å². The summed E-state index contributed by atoms with van der Waals surface area (Å²) < 4.78 is 10.8. The number of nitrogens with zero attached hydrogens (tertiary/aromatic N) is 2. The number of rotatable bonds is 7. The zero-order valence-electron chi connectivity index (χ0n) is 15.8. The first-order chi connectivity index (χ1) is 12.6. The maximum absolute atomic E-state index is 10.3. The van der Waals surface area contributed by atoms with E-state index in [1.165, 1.54) is 0 Å². The Balaban J connectivity index is 0.00000196. The fourth-order valence-electron chi connectivity index (χ4n) is 3.08. The van der Waals surface area contributed by atoms with Gasteiger partial charge in [-0.3, -0.25) is 4.90 Å². The summed E-state index contributed by atoms with van der Waals surface area (Å²) >= 11 is 6.07. The number of methoxy groups -OCH3 is 1. The summed E-state index contributed by atoms with van der Waals surface area (Å²) in [4.78, 5) is 4.59. The van der Waals surface area contributed by atoms with E-state index < -0.39 is 6.10 Å². The van der Waals surface area contributed by atoms with E-state index in [2.05, 4.69) is 15.9 Å². The summed E-state index contributed by atoms with van der Waals surface area (Å²) in [6.45, 7) is 4.55. The number of β-amino-alcohol motifs (C(OH)–C–C–N with tert-alkyl or cyclic N) is 1. The summed E-state index contributed by atoms with van der Waals surface area (Å²) in [7, 11) is 1.63. The van der Waals surface area contributed by atoms with E-state index in [4.69, 9.17) is 21.1 Å². The average Bonchev–Trinajstić information content (AvgIpc) is 2.67. The molecule has 0 aliphatic carbocycles. The van der Waals surface area contributed by atoms with Crippen LogP contribution in [0.1, 0.15) is 0 Å². The first-order valence-electron chi connectivity index (χ1n) is 8.82. The van der Waals surface area contributed by atoms with Crippen LogP contribution in [0.3, 0.4) is 0 Å². The van der Waals surface area contributed by atoms with Crippen LogP contribution in [0.2, 0.25) is 5.02 Å². The van der Waals surface area contributed by atoms with Gasteiger partial charge >= 0.3 is 0 Å². The topological polar surface area (TPSA) is 45.2 Å². The highest BCUT2D eigenvalue weighted by Crippen LogP contribution is 2.21. The quantitative estimate of drug-likeness (QED) is 0.697. The van der Waals surface area contributed by atoms with E-state index in [0.29, 0.717) is 6.54 Å². The van der Waals surface area contributed by atoms with E-state index in [0.717, 1.165) is 48.4 Å². The van der Waals surface area contributed by atoms with E-state index in [1.54, 1.807) is 7.11 Å². The van der Waals surface area contributed by atoms with Crippen molar-refractivity contribution in [1.82, 2.24) is 4.90 Å². The molecule has 0 spiro atoms. The molecule has 1 saturated heterocycles. The second kappa shape index (κ2) is 12.2. The Morgan fingerprint density at radius 1 is 1.00 bits per heavy atom. The fraction of sp³-hybridized carbons (Fsp3) is 0.400. The summed E-state index contributed by atoms with van der Waals surface area (Å²) in [6.07, 6.45) is -0.519. The molecule has 156 valence electrons. The molecule has 1 atom stereocenters. The largest absolute Gasteiger partial charge is 0.497 e. The molecule has 0 aromatic heterocycles. The predicted octanol–water partition coefficient (Wildman–Crippen LogP) is 3.75. The van der Waals surface area contributed by atoms with Crippen LogP contribution in [-0.4, -0.2) is 62.6 Å². The highest BCUT2D eigenvalue weighted by atomic mass is 35.5. The minimum Gasteiger partial charge on any atom is -0.497 e. The second-order valence-corrected chi connectivity index (χ2v) is 6.84. The Kier molecular flexibility index (Phi) is 10.8. The predicted molar refractivity (Wildman–Crippen MR) is 119 cm³/mol. The number of halogens is 3. The zero-order chi connectivity index (χ0) is 18.4. The van der Waals surface area contributed by atoms with Gasteiger partial charge in [0.15, 0.2) is 0 Å². The van der Waals surface area contributed by atoms with Crippen molar-refractivity contribution >= 4 is 42.1 Å². The lowest BCUT2D eigenvalue weighted by Crippen LogP contribution is -2.49. The lowest BCUT2D eigenvalue weighted by Gasteiger charge is -2.36. The Hall–Kier alpha value is -1.37. The standard InChI is InChI=1S/C20H25ClN2O3.2ClH/c1-25-19-5-7-20(8-6-19)26-15-18(24)14-22-9-11-23(12-10-22)17-4-2-3-16(21)13-17;;/h2-8,13,18,24H,9-12,14-15H2,1H3;2*1H. The van der Waals surface area contributed by atoms with Crippen LogP contribution in [0.25, 0.3) is 0 Å². The molecule has 28 heavy (non-hydrogen) atoms. The third kappa shape index (κ3) is 7.22. The molecule has 0 amide bonds. The van der Waals surface area contributed by atoms with E-state index in [1.807, 2.05) is 42.5 Å². The van der Waals surface area contributed by atoms with E-state index in [-0.39, 0.29) is 31.4 Å². The van der Waals surface area contributed by atoms with Gasteiger partial charge in [0.2, 0.25) is 0 Å². The van der Waals surface area contributed by atoms with Crippen molar-refractivity contribution in [2.45, 2.75) is 6.10 Å². The van der Waals surface area contributed by atoms with Crippen molar-refractivity contribution in [3.8, 4) is 11.5 Å². The molecular weight excluding hydrogens is 423 g/mol. The molecule has 1 fully saturated rings. The number of aliphatic hydroxyl groups excluding tert-OH is 1. The summed E-state index contributed by atoms with van der Waals surface area (Å²) in [5.41, 5.74) is 1.15. The minimum absolute atomic E-state index is 0. The van der Waals surface area contributed by atoms with Crippen LogP contribution < -0.4 is 14.4 Å². The number of anilines is 1. The third-order valence-electron chi connectivity index (χ3n) is 4.52. The Morgan fingerprint density at radius 2 is 1.64 bits per heavy atom. The van der Waals surface area contributed by atoms with Crippen molar-refractivity contribution in [2.75, 3.05) is 51.3 Å². The van der Waals surface area contributed by atoms with Crippen molar-refractivity contribution in [2.24, 2.45) is 0 Å². The van der Waals surface area contributed by atoms with E-state index >= 15 is 0 Å². The van der Waals surface area contributed by atoms with Gasteiger partial charge in [-0.1, -0.05) is 17.7 Å². The van der Waals surface area contributed by atoms with Gasteiger partial charge in [-0.15, -0.1) is 24.8 Å². The Labute approximate surface area is 184 Å². The van der Waals surface area contributed by atoms with Crippen LogP contribution in [0.5, 0.6) is 11.5 Å². The van der Waals surface area contributed by atoms with Gasteiger partial charge in [-0.05, 0) is 42.5 Å². The maximum Gasteiger partial charge on any atom is 0.119 e. The molecule has 2 aromatic rings. The number of hydrogen-bond acceptors (Lipinski definition) is 5. The summed E-state index contributed by atoms with van der Waals surface area (Å²) in [6, 6.07) is 15.3. The normalized spacial score (nSPS) is 15.2. The highest BCUT2D eigenvalue weighted by molar-refractivity contribution is 6.30. The second-order valence-electron chi connectivity index (χ2n) is 6.41. The van der Waals surface area contributed by atoms with Gasteiger partial charge in [0.25, 0.3) is 0 Å². The fourth-order valence-corrected chi connectivity index (χ4v) is 3.26. The maximum atomic E-state index is 10.3.